The molecule has 0 aliphatic heterocycles. The minimum Gasteiger partial charge on any atom is -0.290 e. The van der Waals surface area contributed by atoms with Crippen LogP contribution >= 0.6 is 31.9 Å². The summed E-state index contributed by atoms with van der Waals surface area (Å²) in [5.74, 6) is 0.840. The first-order valence-corrected chi connectivity index (χ1v) is 5.15. The van der Waals surface area contributed by atoms with Gasteiger partial charge < -0.3 is 0 Å². The van der Waals surface area contributed by atoms with Gasteiger partial charge in [0, 0.05) is 23.1 Å². The highest BCUT2D eigenvalue weighted by molar-refractivity contribution is 9.13. The standard InChI is InChI=1S/C8H5Br2N3/c9-6-3-8(12-4-7(6)10)13-2-1-11-5-13/h1-5H. The summed E-state index contributed by atoms with van der Waals surface area (Å²) < 4.78 is 3.76. The van der Waals surface area contributed by atoms with Crippen LogP contribution in [-0.2, 0) is 0 Å². The molecule has 0 N–H and O–H groups in total. The molecule has 66 valence electrons. The highest BCUT2D eigenvalue weighted by atomic mass is 79.9. The monoisotopic (exact) mass is 301 g/mol. The highest BCUT2D eigenvalue weighted by Crippen LogP contribution is 2.23. The van der Waals surface area contributed by atoms with E-state index >= 15 is 0 Å². The van der Waals surface area contributed by atoms with Crippen LogP contribution in [0.2, 0.25) is 0 Å². The SMILES string of the molecule is Brc1cnc(-n2ccnc2)cc1Br. The lowest BCUT2D eigenvalue weighted by atomic mass is 10.4. The number of pyridine rings is 1. The fraction of sp³-hybridized carbons (Fsp3) is 0. The summed E-state index contributed by atoms with van der Waals surface area (Å²) in [6.07, 6.45) is 7.03. The second kappa shape index (κ2) is 3.59. The normalized spacial score (nSPS) is 10.3. The van der Waals surface area contributed by atoms with Crippen molar-refractivity contribution in [2.24, 2.45) is 0 Å². The molecule has 0 spiro atoms. The van der Waals surface area contributed by atoms with Crippen LogP contribution in [0.4, 0.5) is 0 Å². The van der Waals surface area contributed by atoms with Gasteiger partial charge in [-0.05, 0) is 37.9 Å². The maximum Gasteiger partial charge on any atom is 0.138 e. The molecule has 2 aromatic heterocycles. The molecule has 0 bridgehead atoms. The molecule has 0 radical (unpaired) electrons. The van der Waals surface area contributed by atoms with E-state index in [2.05, 4.69) is 41.8 Å². The fourth-order valence-electron chi connectivity index (χ4n) is 0.940. The molecule has 2 aromatic rings. The van der Waals surface area contributed by atoms with Crippen molar-refractivity contribution in [1.82, 2.24) is 14.5 Å². The molecule has 0 amide bonds. The molecule has 0 saturated carbocycles. The first-order chi connectivity index (χ1) is 6.27. The Hall–Kier alpha value is -0.680. The Morgan fingerprint density at radius 2 is 2.08 bits per heavy atom. The van der Waals surface area contributed by atoms with Crippen molar-refractivity contribution >= 4 is 31.9 Å². The lowest BCUT2D eigenvalue weighted by molar-refractivity contribution is 0.988. The van der Waals surface area contributed by atoms with Gasteiger partial charge in [-0.15, -0.1) is 0 Å². The van der Waals surface area contributed by atoms with E-state index in [0.29, 0.717) is 0 Å². The van der Waals surface area contributed by atoms with Gasteiger partial charge in [-0.3, -0.25) is 4.57 Å². The molecule has 2 heterocycles. The van der Waals surface area contributed by atoms with Gasteiger partial charge in [-0.2, -0.15) is 0 Å². The van der Waals surface area contributed by atoms with Gasteiger partial charge >= 0.3 is 0 Å². The summed E-state index contributed by atoms with van der Waals surface area (Å²) in [6, 6.07) is 1.92. The molecule has 5 heteroatoms. The predicted molar refractivity (Wildman–Crippen MR) is 56.8 cm³/mol. The summed E-state index contributed by atoms with van der Waals surface area (Å²) in [4.78, 5) is 8.17. The molecular weight excluding hydrogens is 298 g/mol. The third-order valence-electron chi connectivity index (χ3n) is 1.56. The van der Waals surface area contributed by atoms with Crippen LogP contribution in [0.25, 0.3) is 5.82 Å². The summed E-state index contributed by atoms with van der Waals surface area (Å²) in [5, 5.41) is 0. The second-order valence-corrected chi connectivity index (χ2v) is 4.14. The van der Waals surface area contributed by atoms with Crippen LogP contribution < -0.4 is 0 Å². The quantitative estimate of drug-likeness (QED) is 0.811. The Kier molecular flexibility index (Phi) is 2.46. The van der Waals surface area contributed by atoms with Crippen molar-refractivity contribution in [1.29, 1.82) is 0 Å². The average Bonchev–Trinajstić information content (AvgIpc) is 2.62. The molecule has 0 aliphatic carbocycles. The van der Waals surface area contributed by atoms with Gasteiger partial charge in [0.15, 0.2) is 0 Å². The van der Waals surface area contributed by atoms with Crippen molar-refractivity contribution < 1.29 is 0 Å². The predicted octanol–water partition coefficient (Wildman–Crippen LogP) is 2.79. The zero-order chi connectivity index (χ0) is 9.26. The number of hydrogen-bond donors (Lipinski definition) is 0. The zero-order valence-corrected chi connectivity index (χ0v) is 9.66. The van der Waals surface area contributed by atoms with Gasteiger partial charge in [-0.1, -0.05) is 0 Å². The van der Waals surface area contributed by atoms with E-state index < -0.39 is 0 Å². The molecule has 13 heavy (non-hydrogen) atoms. The minimum absolute atomic E-state index is 0.840. The maximum absolute atomic E-state index is 4.23. The topological polar surface area (TPSA) is 30.7 Å². The van der Waals surface area contributed by atoms with Gasteiger partial charge in [0.25, 0.3) is 0 Å². The molecule has 0 aliphatic rings. The second-order valence-electron chi connectivity index (χ2n) is 2.43. The Labute approximate surface area is 92.1 Å². The number of hydrogen-bond acceptors (Lipinski definition) is 2. The molecule has 0 atom stereocenters. The van der Waals surface area contributed by atoms with E-state index in [1.165, 1.54) is 0 Å². The minimum atomic E-state index is 0.840. The molecule has 3 nitrogen and oxygen atoms in total. The van der Waals surface area contributed by atoms with E-state index in [-0.39, 0.29) is 0 Å². The lowest BCUT2D eigenvalue weighted by Crippen LogP contribution is -1.93. The van der Waals surface area contributed by atoms with Crippen LogP contribution in [0.15, 0.2) is 39.9 Å². The largest absolute Gasteiger partial charge is 0.290 e. The zero-order valence-electron chi connectivity index (χ0n) is 6.48. The summed E-state index contributed by atoms with van der Waals surface area (Å²) in [7, 11) is 0. The molecular formula is C8H5Br2N3. The molecule has 0 unspecified atom stereocenters. The average molecular weight is 303 g/mol. The number of imidazole rings is 1. The van der Waals surface area contributed by atoms with Gasteiger partial charge in [-0.25, -0.2) is 9.97 Å². The van der Waals surface area contributed by atoms with Gasteiger partial charge in [0.05, 0.1) is 4.47 Å². The molecule has 0 saturated heterocycles. The lowest BCUT2D eigenvalue weighted by Gasteiger charge is -2.01. The van der Waals surface area contributed by atoms with Crippen LogP contribution in [0.5, 0.6) is 0 Å². The molecule has 0 aromatic carbocycles. The van der Waals surface area contributed by atoms with Crippen LogP contribution in [0.3, 0.4) is 0 Å². The van der Waals surface area contributed by atoms with Gasteiger partial charge in [0.1, 0.15) is 12.1 Å². The van der Waals surface area contributed by atoms with E-state index in [9.17, 15) is 0 Å². The van der Waals surface area contributed by atoms with Crippen LogP contribution in [0, 0.1) is 0 Å². The maximum atomic E-state index is 4.23. The van der Waals surface area contributed by atoms with E-state index in [1.807, 2.05) is 16.8 Å². The number of halogens is 2. The van der Waals surface area contributed by atoms with Crippen molar-refractivity contribution in [2.75, 3.05) is 0 Å². The number of rotatable bonds is 1. The highest BCUT2D eigenvalue weighted by Gasteiger charge is 2.00. The fourth-order valence-corrected chi connectivity index (χ4v) is 1.46. The Morgan fingerprint density at radius 3 is 2.69 bits per heavy atom. The molecule has 2 rings (SSSR count). The summed E-state index contributed by atoms with van der Waals surface area (Å²) in [6.45, 7) is 0. The first kappa shape index (κ1) is 8.90. The van der Waals surface area contributed by atoms with Crippen molar-refractivity contribution in [3.05, 3.63) is 39.9 Å². The first-order valence-electron chi connectivity index (χ1n) is 3.57. The van der Waals surface area contributed by atoms with Crippen LogP contribution in [0.1, 0.15) is 0 Å². The number of aromatic nitrogens is 3. The number of nitrogens with zero attached hydrogens (tertiary/aromatic N) is 3. The summed E-state index contributed by atoms with van der Waals surface area (Å²) >= 11 is 6.77. The van der Waals surface area contributed by atoms with Crippen molar-refractivity contribution in [3.63, 3.8) is 0 Å². The smallest absolute Gasteiger partial charge is 0.138 e. The van der Waals surface area contributed by atoms with E-state index in [4.69, 9.17) is 0 Å². The van der Waals surface area contributed by atoms with Crippen molar-refractivity contribution in [3.8, 4) is 5.82 Å². The van der Waals surface area contributed by atoms with E-state index in [1.54, 1.807) is 18.7 Å². The Bertz CT molecular complexity index is 411. The molecule has 0 fully saturated rings. The Morgan fingerprint density at radius 1 is 1.23 bits per heavy atom. The van der Waals surface area contributed by atoms with Crippen molar-refractivity contribution in [2.45, 2.75) is 0 Å². The van der Waals surface area contributed by atoms with Gasteiger partial charge in [0.2, 0.25) is 0 Å². The van der Waals surface area contributed by atoms with Crippen LogP contribution in [-0.4, -0.2) is 14.5 Å². The summed E-state index contributed by atoms with van der Waals surface area (Å²) in [5.41, 5.74) is 0. The third kappa shape index (κ3) is 1.81. The third-order valence-corrected chi connectivity index (χ3v) is 3.38. The van der Waals surface area contributed by atoms with E-state index in [0.717, 1.165) is 14.8 Å². The Balaban J connectivity index is 2.49.